The number of carbonyl (C=O) groups excluding carboxylic acids is 1. The Kier molecular flexibility index (Phi) is 4.22. The first kappa shape index (κ1) is 13.3. The SMILES string of the molecule is O=C(Nc1cccc(Br)n1)c1cccc(Cl)c1Cl. The Balaban J connectivity index is 2.25. The second-order valence-corrected chi connectivity index (χ2v) is 5.00. The van der Waals surface area contributed by atoms with Gasteiger partial charge < -0.3 is 5.32 Å². The number of anilines is 1. The maximum Gasteiger partial charge on any atom is 0.258 e. The number of aromatic nitrogens is 1. The Hall–Kier alpha value is -1.10. The molecule has 0 spiro atoms. The standard InChI is InChI=1S/C12H7BrCl2N2O/c13-9-5-2-6-10(16-9)17-12(18)7-3-1-4-8(14)11(7)15/h1-6H,(H,16,17,18). The van der Waals surface area contributed by atoms with Crippen LogP contribution in [0.25, 0.3) is 0 Å². The van der Waals surface area contributed by atoms with Crippen molar-refractivity contribution in [1.82, 2.24) is 4.98 Å². The van der Waals surface area contributed by atoms with Crippen LogP contribution in [-0.4, -0.2) is 10.9 Å². The van der Waals surface area contributed by atoms with Gasteiger partial charge in [-0.1, -0.05) is 35.3 Å². The van der Waals surface area contributed by atoms with E-state index >= 15 is 0 Å². The van der Waals surface area contributed by atoms with E-state index in [9.17, 15) is 4.79 Å². The Morgan fingerprint density at radius 1 is 1.17 bits per heavy atom. The van der Waals surface area contributed by atoms with Gasteiger partial charge in [-0.3, -0.25) is 4.79 Å². The van der Waals surface area contributed by atoms with Crippen LogP contribution in [0.2, 0.25) is 10.0 Å². The zero-order valence-corrected chi connectivity index (χ0v) is 12.1. The fourth-order valence-corrected chi connectivity index (χ4v) is 2.07. The molecule has 1 heterocycles. The van der Waals surface area contributed by atoms with E-state index in [-0.39, 0.29) is 10.9 Å². The van der Waals surface area contributed by atoms with E-state index < -0.39 is 0 Å². The van der Waals surface area contributed by atoms with Crippen molar-refractivity contribution in [2.24, 2.45) is 0 Å². The van der Waals surface area contributed by atoms with Gasteiger partial charge in [-0.25, -0.2) is 4.98 Å². The molecule has 3 nitrogen and oxygen atoms in total. The molecule has 92 valence electrons. The third-order valence-corrected chi connectivity index (χ3v) is 3.41. The molecule has 18 heavy (non-hydrogen) atoms. The quantitative estimate of drug-likeness (QED) is 0.819. The van der Waals surface area contributed by atoms with Gasteiger partial charge in [0.2, 0.25) is 0 Å². The lowest BCUT2D eigenvalue weighted by Crippen LogP contribution is -2.13. The van der Waals surface area contributed by atoms with Crippen molar-refractivity contribution < 1.29 is 4.79 Å². The van der Waals surface area contributed by atoms with E-state index in [1.165, 1.54) is 0 Å². The minimum absolute atomic E-state index is 0.228. The van der Waals surface area contributed by atoms with Gasteiger partial charge in [-0.05, 0) is 40.2 Å². The fourth-order valence-electron chi connectivity index (χ4n) is 1.34. The van der Waals surface area contributed by atoms with Crippen LogP contribution in [0, 0.1) is 0 Å². The van der Waals surface area contributed by atoms with Gasteiger partial charge in [0, 0.05) is 0 Å². The molecule has 0 aliphatic carbocycles. The number of amides is 1. The molecule has 1 N–H and O–H groups in total. The number of pyridine rings is 1. The lowest BCUT2D eigenvalue weighted by molar-refractivity contribution is 0.102. The van der Waals surface area contributed by atoms with E-state index in [0.717, 1.165) is 0 Å². The Labute approximate surface area is 122 Å². The summed E-state index contributed by atoms with van der Waals surface area (Å²) in [5, 5.41) is 3.21. The highest BCUT2D eigenvalue weighted by atomic mass is 79.9. The molecule has 0 bridgehead atoms. The third kappa shape index (κ3) is 3.02. The van der Waals surface area contributed by atoms with E-state index in [4.69, 9.17) is 23.2 Å². The van der Waals surface area contributed by atoms with E-state index in [1.807, 2.05) is 0 Å². The fraction of sp³-hybridized carbons (Fsp3) is 0. The first-order valence-corrected chi connectivity index (χ1v) is 6.51. The molecule has 0 aliphatic heterocycles. The number of hydrogen-bond acceptors (Lipinski definition) is 2. The smallest absolute Gasteiger partial charge is 0.258 e. The molecule has 6 heteroatoms. The maximum absolute atomic E-state index is 12.0. The monoisotopic (exact) mass is 344 g/mol. The number of halogens is 3. The number of nitrogens with zero attached hydrogens (tertiary/aromatic N) is 1. The predicted octanol–water partition coefficient (Wildman–Crippen LogP) is 4.40. The zero-order chi connectivity index (χ0) is 13.1. The van der Waals surface area contributed by atoms with Crippen molar-refractivity contribution >= 4 is 50.9 Å². The number of benzene rings is 1. The molecule has 0 radical (unpaired) electrons. The lowest BCUT2D eigenvalue weighted by Gasteiger charge is -2.07. The van der Waals surface area contributed by atoms with Crippen LogP contribution in [0.15, 0.2) is 41.0 Å². The van der Waals surface area contributed by atoms with Crippen LogP contribution in [0.5, 0.6) is 0 Å². The molecule has 2 aromatic rings. The lowest BCUT2D eigenvalue weighted by atomic mass is 10.2. The summed E-state index contributed by atoms with van der Waals surface area (Å²) in [6, 6.07) is 10.1. The molecule has 0 aliphatic rings. The van der Waals surface area contributed by atoms with Crippen molar-refractivity contribution in [2.75, 3.05) is 5.32 Å². The van der Waals surface area contributed by atoms with Gasteiger partial charge in [-0.2, -0.15) is 0 Å². The predicted molar refractivity (Wildman–Crippen MR) is 76.4 cm³/mol. The molecule has 0 saturated carbocycles. The highest BCUT2D eigenvalue weighted by molar-refractivity contribution is 9.10. The molecule has 1 aromatic carbocycles. The molecule has 1 amide bonds. The average Bonchev–Trinajstić information content (AvgIpc) is 2.32. The Morgan fingerprint density at radius 3 is 2.61 bits per heavy atom. The topological polar surface area (TPSA) is 42.0 Å². The maximum atomic E-state index is 12.0. The molecule has 1 aromatic heterocycles. The van der Waals surface area contributed by atoms with Crippen LogP contribution >= 0.6 is 39.1 Å². The van der Waals surface area contributed by atoms with Crippen LogP contribution in [0.3, 0.4) is 0 Å². The minimum Gasteiger partial charge on any atom is -0.306 e. The normalized spacial score (nSPS) is 10.2. The summed E-state index contributed by atoms with van der Waals surface area (Å²) in [6.45, 7) is 0. The number of hydrogen-bond donors (Lipinski definition) is 1. The molecule has 0 fully saturated rings. The van der Waals surface area contributed by atoms with Crippen molar-refractivity contribution in [3.05, 3.63) is 56.6 Å². The van der Waals surface area contributed by atoms with Crippen LogP contribution in [-0.2, 0) is 0 Å². The highest BCUT2D eigenvalue weighted by Crippen LogP contribution is 2.26. The van der Waals surface area contributed by atoms with E-state index in [2.05, 4.69) is 26.2 Å². The largest absolute Gasteiger partial charge is 0.306 e. The second kappa shape index (κ2) is 5.69. The summed E-state index contributed by atoms with van der Waals surface area (Å²) in [6.07, 6.45) is 0. The third-order valence-electron chi connectivity index (χ3n) is 2.15. The summed E-state index contributed by atoms with van der Waals surface area (Å²) >= 11 is 15.0. The number of rotatable bonds is 2. The summed E-state index contributed by atoms with van der Waals surface area (Å²) in [5.74, 6) is 0.0820. The second-order valence-electron chi connectivity index (χ2n) is 3.40. The summed E-state index contributed by atoms with van der Waals surface area (Å²) in [7, 11) is 0. The van der Waals surface area contributed by atoms with Gasteiger partial charge in [0.25, 0.3) is 5.91 Å². The van der Waals surface area contributed by atoms with Crippen molar-refractivity contribution in [3.8, 4) is 0 Å². The molecule has 0 unspecified atom stereocenters. The van der Waals surface area contributed by atoms with Crippen molar-refractivity contribution in [2.45, 2.75) is 0 Å². The number of nitrogens with one attached hydrogen (secondary N) is 1. The van der Waals surface area contributed by atoms with E-state index in [0.29, 0.717) is 21.0 Å². The van der Waals surface area contributed by atoms with Crippen molar-refractivity contribution in [3.63, 3.8) is 0 Å². The zero-order valence-electron chi connectivity index (χ0n) is 8.95. The van der Waals surface area contributed by atoms with Gasteiger partial charge in [0.05, 0.1) is 15.6 Å². The molecular weight excluding hydrogens is 339 g/mol. The molecule has 0 saturated heterocycles. The van der Waals surface area contributed by atoms with Gasteiger partial charge in [0.15, 0.2) is 0 Å². The Bertz CT molecular complexity index is 604. The summed E-state index contributed by atoms with van der Waals surface area (Å²) < 4.78 is 0.637. The summed E-state index contributed by atoms with van der Waals surface area (Å²) in [4.78, 5) is 16.1. The van der Waals surface area contributed by atoms with Crippen molar-refractivity contribution in [1.29, 1.82) is 0 Å². The first-order chi connectivity index (χ1) is 8.58. The molecule has 0 atom stereocenters. The minimum atomic E-state index is -0.354. The van der Waals surface area contributed by atoms with Gasteiger partial charge in [-0.15, -0.1) is 0 Å². The average molecular weight is 346 g/mol. The van der Waals surface area contributed by atoms with Crippen LogP contribution < -0.4 is 5.32 Å². The number of carbonyl (C=O) groups is 1. The highest BCUT2D eigenvalue weighted by Gasteiger charge is 2.13. The van der Waals surface area contributed by atoms with E-state index in [1.54, 1.807) is 36.4 Å². The van der Waals surface area contributed by atoms with Gasteiger partial charge in [0.1, 0.15) is 10.4 Å². The Morgan fingerprint density at radius 2 is 1.89 bits per heavy atom. The molecular formula is C12H7BrCl2N2O. The van der Waals surface area contributed by atoms with Gasteiger partial charge >= 0.3 is 0 Å². The van der Waals surface area contributed by atoms with Crippen LogP contribution in [0.1, 0.15) is 10.4 Å². The summed E-state index contributed by atoms with van der Waals surface area (Å²) in [5.41, 5.74) is 0.311. The molecule has 2 rings (SSSR count). The van der Waals surface area contributed by atoms with Crippen LogP contribution in [0.4, 0.5) is 5.82 Å². The first-order valence-electron chi connectivity index (χ1n) is 4.96.